The standard InChI is InChI=1S/C20H26N2O2S/c1-4-15(12-16-8-6-5-7-9-16)14-21-20(25)22-18-11-10-17(23-2)13-19(18)24-3/h5-11,13,15H,4,12,14H2,1-3H3,(H2,21,22,25)/t15-/m0/s1. The molecule has 0 fully saturated rings. The molecule has 4 nitrogen and oxygen atoms in total. The molecule has 0 aromatic heterocycles. The Morgan fingerprint density at radius 1 is 1.08 bits per heavy atom. The van der Waals surface area contributed by atoms with Crippen molar-refractivity contribution in [3.63, 3.8) is 0 Å². The van der Waals surface area contributed by atoms with Gasteiger partial charge in [0.25, 0.3) is 0 Å². The molecule has 2 N–H and O–H groups in total. The Morgan fingerprint density at radius 3 is 2.48 bits per heavy atom. The predicted molar refractivity (Wildman–Crippen MR) is 108 cm³/mol. The summed E-state index contributed by atoms with van der Waals surface area (Å²) in [7, 11) is 3.26. The number of ether oxygens (including phenoxy) is 2. The van der Waals surface area contributed by atoms with Crippen molar-refractivity contribution in [3.05, 3.63) is 54.1 Å². The zero-order valence-electron chi connectivity index (χ0n) is 15.0. The van der Waals surface area contributed by atoms with Crippen molar-refractivity contribution in [2.75, 3.05) is 26.1 Å². The molecule has 25 heavy (non-hydrogen) atoms. The first-order chi connectivity index (χ1) is 12.2. The van der Waals surface area contributed by atoms with Crippen LogP contribution in [0, 0.1) is 5.92 Å². The highest BCUT2D eigenvalue weighted by molar-refractivity contribution is 7.80. The van der Waals surface area contributed by atoms with Gasteiger partial charge in [0.15, 0.2) is 5.11 Å². The Balaban J connectivity index is 1.89. The molecule has 2 rings (SSSR count). The number of methoxy groups -OCH3 is 2. The van der Waals surface area contributed by atoms with Gasteiger partial charge < -0.3 is 20.1 Å². The van der Waals surface area contributed by atoms with Gasteiger partial charge in [-0.05, 0) is 42.3 Å². The third-order valence-electron chi connectivity index (χ3n) is 4.15. The van der Waals surface area contributed by atoms with Crippen LogP contribution >= 0.6 is 12.2 Å². The fraction of sp³-hybridized carbons (Fsp3) is 0.350. The van der Waals surface area contributed by atoms with E-state index in [4.69, 9.17) is 21.7 Å². The van der Waals surface area contributed by atoms with Crippen LogP contribution in [0.2, 0.25) is 0 Å². The predicted octanol–water partition coefficient (Wildman–Crippen LogP) is 4.26. The number of hydrogen-bond acceptors (Lipinski definition) is 3. The molecule has 0 bridgehead atoms. The summed E-state index contributed by atoms with van der Waals surface area (Å²) in [6.45, 7) is 3.04. The highest BCUT2D eigenvalue weighted by Crippen LogP contribution is 2.28. The highest BCUT2D eigenvalue weighted by atomic mass is 32.1. The number of rotatable bonds is 8. The fourth-order valence-corrected chi connectivity index (χ4v) is 2.81. The second-order valence-corrected chi connectivity index (χ2v) is 6.27. The largest absolute Gasteiger partial charge is 0.497 e. The van der Waals surface area contributed by atoms with E-state index in [0.29, 0.717) is 16.8 Å². The summed E-state index contributed by atoms with van der Waals surface area (Å²) in [6, 6.07) is 16.1. The van der Waals surface area contributed by atoms with Crippen LogP contribution in [0.15, 0.2) is 48.5 Å². The Morgan fingerprint density at radius 2 is 1.84 bits per heavy atom. The van der Waals surface area contributed by atoms with E-state index in [1.54, 1.807) is 14.2 Å². The van der Waals surface area contributed by atoms with Gasteiger partial charge >= 0.3 is 0 Å². The van der Waals surface area contributed by atoms with Crippen LogP contribution in [-0.2, 0) is 6.42 Å². The minimum atomic E-state index is 0.528. The maximum atomic E-state index is 5.43. The van der Waals surface area contributed by atoms with Gasteiger partial charge in [-0.1, -0.05) is 43.7 Å². The normalized spacial score (nSPS) is 11.5. The van der Waals surface area contributed by atoms with Crippen molar-refractivity contribution >= 4 is 23.0 Å². The van der Waals surface area contributed by atoms with Crippen LogP contribution in [0.3, 0.4) is 0 Å². The van der Waals surface area contributed by atoms with E-state index in [-0.39, 0.29) is 0 Å². The lowest BCUT2D eigenvalue weighted by Gasteiger charge is -2.18. The molecule has 1 atom stereocenters. The van der Waals surface area contributed by atoms with Crippen LogP contribution in [0.4, 0.5) is 5.69 Å². The number of hydrogen-bond donors (Lipinski definition) is 2. The van der Waals surface area contributed by atoms with E-state index in [9.17, 15) is 0 Å². The minimum Gasteiger partial charge on any atom is -0.497 e. The van der Waals surface area contributed by atoms with E-state index >= 15 is 0 Å². The third kappa shape index (κ3) is 5.94. The zero-order valence-corrected chi connectivity index (χ0v) is 15.9. The molecule has 0 amide bonds. The Hall–Kier alpha value is -2.27. The first kappa shape index (κ1) is 19.1. The molecule has 0 heterocycles. The summed E-state index contributed by atoms with van der Waals surface area (Å²) in [5.74, 6) is 1.97. The van der Waals surface area contributed by atoms with E-state index in [1.807, 2.05) is 24.3 Å². The van der Waals surface area contributed by atoms with E-state index in [0.717, 1.165) is 30.8 Å². The monoisotopic (exact) mass is 358 g/mol. The summed E-state index contributed by atoms with van der Waals surface area (Å²) in [5.41, 5.74) is 2.17. The lowest BCUT2D eigenvalue weighted by molar-refractivity contribution is 0.395. The molecule has 0 saturated heterocycles. The first-order valence-electron chi connectivity index (χ1n) is 8.47. The number of benzene rings is 2. The molecule has 2 aromatic rings. The summed E-state index contributed by atoms with van der Waals surface area (Å²) in [6.07, 6.45) is 2.13. The van der Waals surface area contributed by atoms with E-state index in [2.05, 4.69) is 41.8 Å². The van der Waals surface area contributed by atoms with Crippen LogP contribution in [-0.4, -0.2) is 25.9 Å². The molecule has 0 radical (unpaired) electrons. The molecule has 5 heteroatoms. The van der Waals surface area contributed by atoms with Crippen LogP contribution in [0.5, 0.6) is 11.5 Å². The number of nitrogens with one attached hydrogen (secondary N) is 2. The average Bonchev–Trinajstić information content (AvgIpc) is 2.66. The summed E-state index contributed by atoms with van der Waals surface area (Å²) in [4.78, 5) is 0. The Bertz CT molecular complexity index is 677. The van der Waals surface area contributed by atoms with Crippen molar-refractivity contribution in [3.8, 4) is 11.5 Å². The maximum Gasteiger partial charge on any atom is 0.170 e. The minimum absolute atomic E-state index is 0.528. The topological polar surface area (TPSA) is 42.5 Å². The molecular formula is C20H26N2O2S. The highest BCUT2D eigenvalue weighted by Gasteiger charge is 2.10. The van der Waals surface area contributed by atoms with Gasteiger partial charge in [-0.25, -0.2) is 0 Å². The molecule has 0 spiro atoms. The zero-order chi connectivity index (χ0) is 18.1. The molecule has 2 aromatic carbocycles. The lowest BCUT2D eigenvalue weighted by atomic mass is 9.97. The SMILES string of the molecule is CC[C@H](CNC(=S)Nc1ccc(OC)cc1OC)Cc1ccccc1. The van der Waals surface area contributed by atoms with Gasteiger partial charge in [0.2, 0.25) is 0 Å². The molecule has 0 aliphatic rings. The summed E-state index contributed by atoms with van der Waals surface area (Å²) < 4.78 is 10.6. The van der Waals surface area contributed by atoms with Gasteiger partial charge in [0.05, 0.1) is 19.9 Å². The van der Waals surface area contributed by atoms with Gasteiger partial charge in [-0.15, -0.1) is 0 Å². The molecule has 0 unspecified atom stereocenters. The van der Waals surface area contributed by atoms with E-state index in [1.165, 1.54) is 5.56 Å². The second kappa shape index (κ2) is 9.89. The molecule has 0 saturated carbocycles. The summed E-state index contributed by atoms with van der Waals surface area (Å²) in [5, 5.41) is 7.10. The molecule has 134 valence electrons. The third-order valence-corrected chi connectivity index (χ3v) is 4.40. The Labute approximate surface area is 155 Å². The maximum absolute atomic E-state index is 5.43. The molecular weight excluding hydrogens is 332 g/mol. The van der Waals surface area contributed by atoms with Crippen LogP contribution in [0.1, 0.15) is 18.9 Å². The van der Waals surface area contributed by atoms with Crippen molar-refractivity contribution in [1.29, 1.82) is 0 Å². The van der Waals surface area contributed by atoms with Crippen molar-refractivity contribution in [2.45, 2.75) is 19.8 Å². The van der Waals surface area contributed by atoms with Gasteiger partial charge in [-0.3, -0.25) is 0 Å². The first-order valence-corrected chi connectivity index (χ1v) is 8.87. The van der Waals surface area contributed by atoms with Crippen LogP contribution in [0.25, 0.3) is 0 Å². The quantitative estimate of drug-likeness (QED) is 0.690. The fourth-order valence-electron chi connectivity index (χ4n) is 2.61. The number of anilines is 1. The Kier molecular flexibility index (Phi) is 7.54. The van der Waals surface area contributed by atoms with Gasteiger partial charge in [0, 0.05) is 12.6 Å². The van der Waals surface area contributed by atoms with E-state index < -0.39 is 0 Å². The summed E-state index contributed by atoms with van der Waals surface area (Å²) >= 11 is 5.43. The molecule has 0 aliphatic heterocycles. The van der Waals surface area contributed by atoms with Gasteiger partial charge in [0.1, 0.15) is 11.5 Å². The van der Waals surface area contributed by atoms with Crippen molar-refractivity contribution in [1.82, 2.24) is 5.32 Å². The lowest BCUT2D eigenvalue weighted by Crippen LogP contribution is -2.33. The van der Waals surface area contributed by atoms with Crippen molar-refractivity contribution < 1.29 is 9.47 Å². The van der Waals surface area contributed by atoms with Crippen LogP contribution < -0.4 is 20.1 Å². The van der Waals surface area contributed by atoms with Crippen molar-refractivity contribution in [2.24, 2.45) is 5.92 Å². The average molecular weight is 359 g/mol. The second-order valence-electron chi connectivity index (χ2n) is 5.87. The smallest absolute Gasteiger partial charge is 0.170 e. The number of thiocarbonyl (C=S) groups is 1. The van der Waals surface area contributed by atoms with Gasteiger partial charge in [-0.2, -0.15) is 0 Å². The molecule has 0 aliphatic carbocycles.